The Labute approximate surface area is 90.9 Å². The summed E-state index contributed by atoms with van der Waals surface area (Å²) in [6.45, 7) is 5.50. The Morgan fingerprint density at radius 3 is 2.27 bits per heavy atom. The molecular formula is C13H18O2. The molecule has 2 heteroatoms. The van der Waals surface area contributed by atoms with Crippen LogP contribution in [0.15, 0.2) is 30.3 Å². The minimum Gasteiger partial charge on any atom is -0.377 e. The van der Waals surface area contributed by atoms with Crippen molar-refractivity contribution in [1.82, 2.24) is 0 Å². The summed E-state index contributed by atoms with van der Waals surface area (Å²) in [5.41, 5.74) is -0.650. The van der Waals surface area contributed by atoms with Crippen LogP contribution >= 0.6 is 0 Å². The Balaban J connectivity index is 3.19. The first kappa shape index (κ1) is 11.9. The number of carbonyl (C=O) groups excluding carboxylic acids is 1. The van der Waals surface area contributed by atoms with E-state index in [4.69, 9.17) is 0 Å². The van der Waals surface area contributed by atoms with Gasteiger partial charge in [0.1, 0.15) is 5.60 Å². The van der Waals surface area contributed by atoms with E-state index in [-0.39, 0.29) is 11.7 Å². The number of carbonyl (C=O) groups is 1. The highest BCUT2D eigenvalue weighted by Gasteiger charge is 2.39. The maximum absolute atomic E-state index is 11.8. The van der Waals surface area contributed by atoms with Crippen molar-refractivity contribution in [3.05, 3.63) is 35.9 Å². The third-order valence-corrected chi connectivity index (χ3v) is 2.80. The Bertz CT molecular complexity index is 330. The van der Waals surface area contributed by atoms with E-state index in [0.29, 0.717) is 12.0 Å². The fraction of sp³-hybridized carbons (Fsp3) is 0.462. The fourth-order valence-electron chi connectivity index (χ4n) is 1.78. The molecule has 0 saturated heterocycles. The van der Waals surface area contributed by atoms with Crippen LogP contribution in [-0.4, -0.2) is 10.9 Å². The lowest BCUT2D eigenvalue weighted by Crippen LogP contribution is -2.40. The van der Waals surface area contributed by atoms with Crippen LogP contribution in [0.2, 0.25) is 0 Å². The molecule has 0 aliphatic rings. The van der Waals surface area contributed by atoms with E-state index < -0.39 is 5.60 Å². The molecule has 0 bridgehead atoms. The van der Waals surface area contributed by atoms with Crippen LogP contribution in [0.25, 0.3) is 0 Å². The average Bonchev–Trinajstić information content (AvgIpc) is 2.27. The lowest BCUT2D eigenvalue weighted by atomic mass is 9.79. The maximum atomic E-state index is 11.8. The van der Waals surface area contributed by atoms with E-state index >= 15 is 0 Å². The van der Waals surface area contributed by atoms with Gasteiger partial charge in [-0.25, -0.2) is 0 Å². The number of rotatable bonds is 4. The van der Waals surface area contributed by atoms with Crippen molar-refractivity contribution in [2.24, 2.45) is 5.92 Å². The summed E-state index contributed by atoms with van der Waals surface area (Å²) in [5, 5.41) is 10.5. The molecule has 0 heterocycles. The molecule has 1 aromatic rings. The Hall–Kier alpha value is -1.15. The largest absolute Gasteiger partial charge is 0.377 e. The number of ketones is 1. The quantitative estimate of drug-likeness (QED) is 0.821. The molecule has 2 nitrogen and oxygen atoms in total. The van der Waals surface area contributed by atoms with Crippen LogP contribution in [0, 0.1) is 5.92 Å². The first-order chi connectivity index (χ1) is 7.03. The highest BCUT2D eigenvalue weighted by molar-refractivity contribution is 5.88. The Kier molecular flexibility index (Phi) is 3.64. The van der Waals surface area contributed by atoms with E-state index in [0.717, 1.165) is 0 Å². The average molecular weight is 206 g/mol. The van der Waals surface area contributed by atoms with Crippen molar-refractivity contribution >= 4 is 5.78 Å². The topological polar surface area (TPSA) is 37.3 Å². The number of hydrogen-bond donors (Lipinski definition) is 1. The van der Waals surface area contributed by atoms with Crippen LogP contribution in [0.5, 0.6) is 0 Å². The zero-order valence-corrected chi connectivity index (χ0v) is 9.53. The molecule has 0 aliphatic heterocycles. The van der Waals surface area contributed by atoms with Gasteiger partial charge in [0.15, 0.2) is 5.78 Å². The van der Waals surface area contributed by atoms with Gasteiger partial charge >= 0.3 is 0 Å². The number of Topliss-reactive ketones (excluding diaryl/α,β-unsaturated/α-hetero) is 1. The molecule has 0 amide bonds. The second-order valence-corrected chi connectivity index (χ2v) is 4.06. The van der Waals surface area contributed by atoms with Crippen molar-refractivity contribution in [3.63, 3.8) is 0 Å². The van der Waals surface area contributed by atoms with Crippen molar-refractivity contribution in [2.75, 3.05) is 0 Å². The summed E-state index contributed by atoms with van der Waals surface area (Å²) >= 11 is 0. The van der Waals surface area contributed by atoms with Crippen molar-refractivity contribution in [3.8, 4) is 0 Å². The maximum Gasteiger partial charge on any atom is 0.168 e. The van der Waals surface area contributed by atoms with Gasteiger partial charge in [-0.15, -0.1) is 0 Å². The zero-order valence-electron chi connectivity index (χ0n) is 9.53. The first-order valence-electron chi connectivity index (χ1n) is 5.34. The van der Waals surface area contributed by atoms with Gasteiger partial charge in [-0.05, 0) is 11.5 Å². The number of hydrogen-bond acceptors (Lipinski definition) is 2. The van der Waals surface area contributed by atoms with Crippen LogP contribution in [0.4, 0.5) is 0 Å². The van der Waals surface area contributed by atoms with Crippen LogP contribution in [0.1, 0.15) is 32.8 Å². The predicted octanol–water partition coefficient (Wildman–Crippen LogP) is 2.51. The molecule has 0 fully saturated rings. The summed E-state index contributed by atoms with van der Waals surface area (Å²) in [4.78, 5) is 11.8. The Morgan fingerprint density at radius 1 is 1.33 bits per heavy atom. The molecule has 0 aliphatic carbocycles. The molecule has 1 atom stereocenters. The molecule has 0 spiro atoms. The van der Waals surface area contributed by atoms with Crippen LogP contribution in [0.3, 0.4) is 0 Å². The summed E-state index contributed by atoms with van der Waals surface area (Å²) in [6.07, 6.45) is 0.351. The lowest BCUT2D eigenvalue weighted by molar-refractivity contribution is -0.143. The van der Waals surface area contributed by atoms with Crippen LogP contribution < -0.4 is 0 Å². The van der Waals surface area contributed by atoms with Crippen molar-refractivity contribution < 1.29 is 9.90 Å². The molecular weight excluding hydrogens is 188 g/mol. The summed E-state index contributed by atoms with van der Waals surface area (Å²) in [7, 11) is 0. The SMILES string of the molecule is CCC(=O)C(O)(c1ccccc1)C(C)C. The predicted molar refractivity (Wildman–Crippen MR) is 60.5 cm³/mol. The lowest BCUT2D eigenvalue weighted by Gasteiger charge is -2.30. The fourth-order valence-corrected chi connectivity index (χ4v) is 1.78. The first-order valence-corrected chi connectivity index (χ1v) is 5.34. The van der Waals surface area contributed by atoms with Gasteiger partial charge < -0.3 is 5.11 Å². The van der Waals surface area contributed by atoms with Gasteiger partial charge in [-0.3, -0.25) is 4.79 Å². The van der Waals surface area contributed by atoms with E-state index in [2.05, 4.69) is 0 Å². The molecule has 1 N–H and O–H groups in total. The number of aliphatic hydroxyl groups is 1. The molecule has 0 saturated carbocycles. The molecule has 0 aromatic heterocycles. The molecule has 82 valence electrons. The highest BCUT2D eigenvalue weighted by Crippen LogP contribution is 2.31. The van der Waals surface area contributed by atoms with E-state index in [1.165, 1.54) is 0 Å². The van der Waals surface area contributed by atoms with E-state index in [9.17, 15) is 9.90 Å². The van der Waals surface area contributed by atoms with Gasteiger partial charge in [-0.2, -0.15) is 0 Å². The van der Waals surface area contributed by atoms with Crippen molar-refractivity contribution in [1.29, 1.82) is 0 Å². The summed E-state index contributed by atoms with van der Waals surface area (Å²) in [6, 6.07) is 9.15. The van der Waals surface area contributed by atoms with Gasteiger partial charge in [0.25, 0.3) is 0 Å². The summed E-state index contributed by atoms with van der Waals surface area (Å²) < 4.78 is 0. The zero-order chi connectivity index (χ0) is 11.5. The van der Waals surface area contributed by atoms with Gasteiger partial charge in [0, 0.05) is 6.42 Å². The minimum atomic E-state index is -1.34. The second-order valence-electron chi connectivity index (χ2n) is 4.06. The van der Waals surface area contributed by atoms with E-state index in [1.807, 2.05) is 32.0 Å². The second kappa shape index (κ2) is 4.58. The highest BCUT2D eigenvalue weighted by atomic mass is 16.3. The molecule has 1 aromatic carbocycles. The smallest absolute Gasteiger partial charge is 0.168 e. The van der Waals surface area contributed by atoms with Gasteiger partial charge in [0.2, 0.25) is 0 Å². The third-order valence-electron chi connectivity index (χ3n) is 2.80. The Morgan fingerprint density at radius 2 is 1.87 bits per heavy atom. The normalized spacial score (nSPS) is 15.0. The van der Waals surface area contributed by atoms with Crippen molar-refractivity contribution in [2.45, 2.75) is 32.8 Å². The molecule has 0 radical (unpaired) electrons. The number of benzene rings is 1. The summed E-state index contributed by atoms with van der Waals surface area (Å²) in [5.74, 6) is -0.240. The third kappa shape index (κ3) is 2.10. The monoisotopic (exact) mass is 206 g/mol. The molecule has 1 unspecified atom stereocenters. The van der Waals surface area contributed by atoms with Crippen LogP contribution in [-0.2, 0) is 10.4 Å². The minimum absolute atomic E-state index is 0.118. The molecule has 15 heavy (non-hydrogen) atoms. The van der Waals surface area contributed by atoms with Gasteiger partial charge in [-0.1, -0.05) is 51.1 Å². The standard InChI is InChI=1S/C13H18O2/c1-4-12(14)13(15,10(2)3)11-8-6-5-7-9-11/h5-10,15H,4H2,1-3H3. The molecule has 1 rings (SSSR count). The van der Waals surface area contributed by atoms with E-state index in [1.54, 1.807) is 19.1 Å². The van der Waals surface area contributed by atoms with Gasteiger partial charge in [0.05, 0.1) is 0 Å².